The first-order chi connectivity index (χ1) is 14.4. The number of thioether (sulfide) groups is 1. The predicted octanol–water partition coefficient (Wildman–Crippen LogP) is 4.10. The SMILES string of the molecule is CN1C(=O)OCC1Cc1ccc(Oc2ccc(C=C3SC(=S)NC3=O)cc2F)cc1. The Bertz CT molecular complexity index is 1060. The van der Waals surface area contributed by atoms with E-state index in [0.29, 0.717) is 33.6 Å². The molecule has 0 saturated carbocycles. The molecule has 2 fully saturated rings. The summed E-state index contributed by atoms with van der Waals surface area (Å²) in [6.45, 7) is 0.368. The maximum Gasteiger partial charge on any atom is 0.409 e. The molecule has 1 unspecified atom stereocenters. The van der Waals surface area contributed by atoms with Gasteiger partial charge in [-0.3, -0.25) is 4.79 Å². The van der Waals surface area contributed by atoms with Crippen LogP contribution < -0.4 is 10.1 Å². The number of likely N-dealkylation sites (N-methyl/N-ethyl adjacent to an activating group) is 1. The molecule has 0 bridgehead atoms. The molecule has 0 aliphatic carbocycles. The second-order valence-corrected chi connectivity index (χ2v) is 8.55. The number of rotatable bonds is 5. The number of carbonyl (C=O) groups is 2. The van der Waals surface area contributed by atoms with Crippen molar-refractivity contribution < 1.29 is 23.5 Å². The molecule has 6 nitrogen and oxygen atoms in total. The number of halogens is 1. The Morgan fingerprint density at radius 3 is 2.67 bits per heavy atom. The standard InChI is InChI=1S/C21H17FN2O4S2/c1-24-14(11-27-21(24)26)8-12-2-5-15(6-3-12)28-17-7-4-13(9-16(17)22)10-18-19(25)23-20(29)30-18/h2-7,9-10,14H,8,11H2,1H3,(H,23,25,29). The fourth-order valence-electron chi connectivity index (χ4n) is 3.08. The van der Waals surface area contributed by atoms with Crippen LogP contribution in [-0.2, 0) is 16.0 Å². The normalized spacial score (nSPS) is 19.9. The summed E-state index contributed by atoms with van der Waals surface area (Å²) >= 11 is 6.08. The Labute approximate surface area is 182 Å². The van der Waals surface area contributed by atoms with Crippen LogP contribution in [0.4, 0.5) is 9.18 Å². The predicted molar refractivity (Wildman–Crippen MR) is 116 cm³/mol. The van der Waals surface area contributed by atoms with Crippen LogP contribution in [0.2, 0.25) is 0 Å². The lowest BCUT2D eigenvalue weighted by atomic mass is 10.1. The minimum Gasteiger partial charge on any atom is -0.454 e. The molecule has 154 valence electrons. The Balaban J connectivity index is 1.42. The second kappa shape index (κ2) is 8.45. The van der Waals surface area contributed by atoms with Crippen molar-refractivity contribution in [3.05, 3.63) is 64.3 Å². The first-order valence-electron chi connectivity index (χ1n) is 9.10. The van der Waals surface area contributed by atoms with Crippen molar-refractivity contribution in [1.82, 2.24) is 10.2 Å². The van der Waals surface area contributed by atoms with Crippen LogP contribution >= 0.6 is 24.0 Å². The Kier molecular flexibility index (Phi) is 5.74. The van der Waals surface area contributed by atoms with E-state index in [1.54, 1.807) is 36.2 Å². The van der Waals surface area contributed by atoms with Crippen molar-refractivity contribution in [3.63, 3.8) is 0 Å². The van der Waals surface area contributed by atoms with Gasteiger partial charge in [-0.1, -0.05) is 42.2 Å². The van der Waals surface area contributed by atoms with E-state index in [2.05, 4.69) is 5.32 Å². The van der Waals surface area contributed by atoms with Crippen LogP contribution in [0.25, 0.3) is 6.08 Å². The molecular weight excluding hydrogens is 427 g/mol. The molecule has 2 heterocycles. The summed E-state index contributed by atoms with van der Waals surface area (Å²) < 4.78 is 25.5. The molecule has 2 aliphatic heterocycles. The minimum absolute atomic E-state index is 0.00199. The number of nitrogens with one attached hydrogen (secondary N) is 1. The first-order valence-corrected chi connectivity index (χ1v) is 10.3. The number of carbonyl (C=O) groups excluding carboxylic acids is 2. The number of thiocarbonyl (C=S) groups is 1. The number of amides is 2. The maximum atomic E-state index is 14.5. The topological polar surface area (TPSA) is 67.9 Å². The van der Waals surface area contributed by atoms with Gasteiger partial charge in [0.05, 0.1) is 10.9 Å². The molecular formula is C21H17FN2O4S2. The lowest BCUT2D eigenvalue weighted by molar-refractivity contribution is -0.115. The van der Waals surface area contributed by atoms with Gasteiger partial charge >= 0.3 is 6.09 Å². The van der Waals surface area contributed by atoms with Crippen molar-refractivity contribution in [2.24, 2.45) is 0 Å². The molecule has 30 heavy (non-hydrogen) atoms. The third kappa shape index (κ3) is 4.47. The minimum atomic E-state index is -0.539. The smallest absolute Gasteiger partial charge is 0.409 e. The van der Waals surface area contributed by atoms with Crippen LogP contribution in [-0.4, -0.2) is 40.9 Å². The highest BCUT2D eigenvalue weighted by atomic mass is 32.2. The molecule has 4 rings (SSSR count). The van der Waals surface area contributed by atoms with Crippen LogP contribution in [0.1, 0.15) is 11.1 Å². The molecule has 2 saturated heterocycles. The summed E-state index contributed by atoms with van der Waals surface area (Å²) in [5.74, 6) is -0.251. The summed E-state index contributed by atoms with van der Waals surface area (Å²) in [6.07, 6.45) is 1.93. The molecule has 2 amide bonds. The van der Waals surface area contributed by atoms with Gasteiger partial charge in [-0.2, -0.15) is 0 Å². The van der Waals surface area contributed by atoms with Gasteiger partial charge in [-0.15, -0.1) is 0 Å². The third-order valence-electron chi connectivity index (χ3n) is 4.75. The zero-order valence-electron chi connectivity index (χ0n) is 15.9. The van der Waals surface area contributed by atoms with Gasteiger partial charge in [0, 0.05) is 7.05 Å². The van der Waals surface area contributed by atoms with Crippen molar-refractivity contribution in [2.75, 3.05) is 13.7 Å². The van der Waals surface area contributed by atoms with Crippen molar-refractivity contribution in [1.29, 1.82) is 0 Å². The Hall–Kier alpha value is -2.91. The van der Waals surface area contributed by atoms with Crippen molar-refractivity contribution >= 4 is 46.4 Å². The molecule has 9 heteroatoms. The van der Waals surface area contributed by atoms with Gasteiger partial charge in [0.1, 0.15) is 16.7 Å². The van der Waals surface area contributed by atoms with Gasteiger partial charge in [-0.25, -0.2) is 9.18 Å². The first kappa shape index (κ1) is 20.4. The van der Waals surface area contributed by atoms with Gasteiger partial charge in [-0.05, 0) is 47.9 Å². The highest BCUT2D eigenvalue weighted by Gasteiger charge is 2.29. The molecule has 1 atom stereocenters. The van der Waals surface area contributed by atoms with E-state index < -0.39 is 5.82 Å². The van der Waals surface area contributed by atoms with Crippen LogP contribution in [0, 0.1) is 5.82 Å². The zero-order chi connectivity index (χ0) is 21.3. The van der Waals surface area contributed by atoms with E-state index in [4.69, 9.17) is 21.7 Å². The molecule has 2 aliphatic rings. The molecule has 0 radical (unpaired) electrons. The summed E-state index contributed by atoms with van der Waals surface area (Å²) in [4.78, 5) is 25.2. The Morgan fingerprint density at radius 1 is 1.30 bits per heavy atom. The number of hydrogen-bond donors (Lipinski definition) is 1. The van der Waals surface area contributed by atoms with Crippen molar-refractivity contribution in [3.8, 4) is 11.5 Å². The van der Waals surface area contributed by atoms with E-state index in [9.17, 15) is 14.0 Å². The van der Waals surface area contributed by atoms with Crippen molar-refractivity contribution in [2.45, 2.75) is 12.5 Å². The van der Waals surface area contributed by atoms with E-state index >= 15 is 0 Å². The van der Waals surface area contributed by atoms with E-state index in [-0.39, 0.29) is 23.8 Å². The number of benzene rings is 2. The lowest BCUT2D eigenvalue weighted by Gasteiger charge is -2.16. The van der Waals surface area contributed by atoms with Gasteiger partial charge < -0.3 is 19.7 Å². The average molecular weight is 445 g/mol. The van der Waals surface area contributed by atoms with Gasteiger partial charge in [0.2, 0.25) is 0 Å². The molecule has 0 spiro atoms. The van der Waals surface area contributed by atoms with Crippen LogP contribution in [0.5, 0.6) is 11.5 Å². The monoisotopic (exact) mass is 444 g/mol. The molecule has 2 aromatic rings. The second-order valence-electron chi connectivity index (χ2n) is 6.83. The summed E-state index contributed by atoms with van der Waals surface area (Å²) in [6, 6.07) is 11.7. The van der Waals surface area contributed by atoms with Gasteiger partial charge in [0.15, 0.2) is 11.6 Å². The maximum absolute atomic E-state index is 14.5. The number of ether oxygens (including phenoxy) is 2. The number of nitrogens with zero attached hydrogens (tertiary/aromatic N) is 1. The third-order valence-corrected chi connectivity index (χ3v) is 5.92. The van der Waals surface area contributed by atoms with Crippen LogP contribution in [0.15, 0.2) is 47.4 Å². The molecule has 2 aromatic carbocycles. The zero-order valence-corrected chi connectivity index (χ0v) is 17.5. The number of cyclic esters (lactones) is 1. The largest absolute Gasteiger partial charge is 0.454 e. The van der Waals surface area contributed by atoms with Gasteiger partial charge in [0.25, 0.3) is 5.91 Å². The fourth-order valence-corrected chi connectivity index (χ4v) is 4.12. The Morgan fingerprint density at radius 2 is 2.07 bits per heavy atom. The van der Waals surface area contributed by atoms with E-state index in [1.165, 1.54) is 12.1 Å². The fraction of sp³-hybridized carbons (Fsp3) is 0.190. The lowest BCUT2D eigenvalue weighted by Crippen LogP contribution is -2.30. The number of hydrogen-bond acceptors (Lipinski definition) is 6. The highest BCUT2D eigenvalue weighted by Crippen LogP contribution is 2.29. The van der Waals surface area contributed by atoms with E-state index in [1.807, 2.05) is 12.1 Å². The quantitative estimate of drug-likeness (QED) is 0.553. The van der Waals surface area contributed by atoms with Crippen LogP contribution in [0.3, 0.4) is 0 Å². The molecule has 0 aromatic heterocycles. The highest BCUT2D eigenvalue weighted by molar-refractivity contribution is 8.26. The summed E-state index contributed by atoms with van der Waals surface area (Å²) in [7, 11) is 1.71. The molecule has 1 N–H and O–H groups in total. The van der Waals surface area contributed by atoms with E-state index in [0.717, 1.165) is 17.3 Å². The summed E-state index contributed by atoms with van der Waals surface area (Å²) in [5.41, 5.74) is 1.56. The summed E-state index contributed by atoms with van der Waals surface area (Å²) in [5, 5.41) is 2.52. The average Bonchev–Trinajstić information content (AvgIpc) is 3.20.